The first-order valence-corrected chi connectivity index (χ1v) is 5.90. The predicted octanol–water partition coefficient (Wildman–Crippen LogP) is 2.12. The number of hydrogen-bond donors (Lipinski definition) is 2. The van der Waals surface area contributed by atoms with E-state index in [1.54, 1.807) is 13.1 Å². The molecule has 0 aliphatic heterocycles. The van der Waals surface area contributed by atoms with Gasteiger partial charge in [-0.1, -0.05) is 5.16 Å². The van der Waals surface area contributed by atoms with Crippen LogP contribution < -0.4 is 11.1 Å². The van der Waals surface area contributed by atoms with E-state index < -0.39 is 0 Å². The van der Waals surface area contributed by atoms with Crippen molar-refractivity contribution in [3.05, 3.63) is 42.2 Å². The zero-order chi connectivity index (χ0) is 13.2. The highest BCUT2D eigenvalue weighted by Gasteiger charge is 2.06. The molecule has 0 radical (unpaired) electrons. The minimum Gasteiger partial charge on any atom is -0.397 e. The molecule has 19 heavy (non-hydrogen) atoms. The predicted molar refractivity (Wildman–Crippen MR) is 72.5 cm³/mol. The largest absolute Gasteiger partial charge is 0.397 e. The van der Waals surface area contributed by atoms with Crippen LogP contribution in [0.4, 0.5) is 11.4 Å². The Labute approximate surface area is 109 Å². The number of fused-ring (bicyclic) bond motifs is 1. The third kappa shape index (κ3) is 2.20. The Kier molecular flexibility index (Phi) is 2.75. The van der Waals surface area contributed by atoms with Crippen molar-refractivity contribution in [2.24, 2.45) is 0 Å². The molecular weight excluding hydrogens is 242 g/mol. The van der Waals surface area contributed by atoms with Crippen molar-refractivity contribution in [3.63, 3.8) is 0 Å². The summed E-state index contributed by atoms with van der Waals surface area (Å²) in [5.74, 6) is 1.17. The molecule has 0 saturated carbocycles. The molecule has 0 aliphatic carbocycles. The molecule has 2 aromatic heterocycles. The van der Waals surface area contributed by atoms with E-state index in [1.807, 2.05) is 24.3 Å². The summed E-state index contributed by atoms with van der Waals surface area (Å²) >= 11 is 0. The topological polar surface area (TPSA) is 89.9 Å². The fourth-order valence-electron chi connectivity index (χ4n) is 1.94. The summed E-state index contributed by atoms with van der Waals surface area (Å²) < 4.78 is 4.93. The van der Waals surface area contributed by atoms with Gasteiger partial charge in [-0.15, -0.1) is 0 Å². The van der Waals surface area contributed by atoms with Gasteiger partial charge >= 0.3 is 0 Å². The second-order valence-electron chi connectivity index (χ2n) is 4.19. The lowest BCUT2D eigenvalue weighted by Gasteiger charge is -2.09. The zero-order valence-electron chi connectivity index (χ0n) is 10.4. The maximum atomic E-state index is 5.91. The Morgan fingerprint density at radius 2 is 2.21 bits per heavy atom. The fraction of sp³-hybridized carbons (Fsp3) is 0.154. The van der Waals surface area contributed by atoms with Crippen molar-refractivity contribution in [3.8, 4) is 0 Å². The van der Waals surface area contributed by atoms with Crippen molar-refractivity contribution in [2.45, 2.75) is 13.5 Å². The van der Waals surface area contributed by atoms with Crippen LogP contribution in [0.3, 0.4) is 0 Å². The van der Waals surface area contributed by atoms with Crippen LogP contribution in [0.2, 0.25) is 0 Å². The minimum atomic E-state index is 0.491. The van der Waals surface area contributed by atoms with Crippen molar-refractivity contribution in [2.75, 3.05) is 11.1 Å². The first-order chi connectivity index (χ1) is 9.24. The van der Waals surface area contributed by atoms with Gasteiger partial charge in [-0.05, 0) is 24.3 Å². The van der Waals surface area contributed by atoms with Crippen molar-refractivity contribution in [1.82, 2.24) is 15.1 Å². The molecule has 0 spiro atoms. The zero-order valence-corrected chi connectivity index (χ0v) is 10.4. The van der Waals surface area contributed by atoms with Crippen LogP contribution in [0.15, 0.2) is 35.0 Å². The molecule has 0 bridgehead atoms. The number of pyridine rings is 1. The molecule has 6 heteroatoms. The average Bonchev–Trinajstić information content (AvgIpc) is 2.84. The Hall–Kier alpha value is -2.63. The summed E-state index contributed by atoms with van der Waals surface area (Å²) in [6.07, 6.45) is 1.73. The lowest BCUT2D eigenvalue weighted by Crippen LogP contribution is -2.02. The Morgan fingerprint density at radius 1 is 1.32 bits per heavy atom. The lowest BCUT2D eigenvalue weighted by molar-refractivity contribution is 0.388. The van der Waals surface area contributed by atoms with Gasteiger partial charge in [0.1, 0.15) is 0 Å². The number of aryl methyl sites for hydroxylation is 1. The van der Waals surface area contributed by atoms with Crippen molar-refractivity contribution >= 4 is 22.3 Å². The summed E-state index contributed by atoms with van der Waals surface area (Å²) in [6.45, 7) is 2.25. The van der Waals surface area contributed by atoms with Gasteiger partial charge in [0.05, 0.1) is 17.7 Å². The van der Waals surface area contributed by atoms with E-state index in [1.165, 1.54) is 0 Å². The number of benzene rings is 1. The van der Waals surface area contributed by atoms with Crippen LogP contribution in [0.25, 0.3) is 10.9 Å². The van der Waals surface area contributed by atoms with E-state index in [0.717, 1.165) is 16.6 Å². The van der Waals surface area contributed by atoms with Crippen molar-refractivity contribution in [1.29, 1.82) is 0 Å². The molecule has 3 rings (SSSR count). The summed E-state index contributed by atoms with van der Waals surface area (Å²) in [7, 11) is 0. The van der Waals surface area contributed by atoms with E-state index in [2.05, 4.69) is 20.4 Å². The molecule has 3 aromatic rings. The van der Waals surface area contributed by atoms with Gasteiger partial charge in [0, 0.05) is 24.2 Å². The standard InChI is InChI=1S/C13H13N5O/c1-8-17-12(18-19-8)7-16-11-5-4-10(14)13-9(11)3-2-6-15-13/h2-6,16H,7,14H2,1H3. The van der Waals surface area contributed by atoms with E-state index >= 15 is 0 Å². The number of hydrogen-bond acceptors (Lipinski definition) is 6. The molecular formula is C13H13N5O. The van der Waals surface area contributed by atoms with E-state index in [9.17, 15) is 0 Å². The second kappa shape index (κ2) is 4.56. The third-order valence-electron chi connectivity index (χ3n) is 2.81. The molecule has 3 N–H and O–H groups in total. The Morgan fingerprint density at radius 3 is 3.00 bits per heavy atom. The molecule has 2 heterocycles. The maximum Gasteiger partial charge on any atom is 0.223 e. The van der Waals surface area contributed by atoms with Crippen LogP contribution in [0.1, 0.15) is 11.7 Å². The lowest BCUT2D eigenvalue weighted by atomic mass is 10.1. The molecule has 0 amide bonds. The van der Waals surface area contributed by atoms with Gasteiger partial charge in [-0.25, -0.2) is 0 Å². The summed E-state index contributed by atoms with van der Waals surface area (Å²) in [6, 6.07) is 7.61. The van der Waals surface area contributed by atoms with Crippen molar-refractivity contribution < 1.29 is 4.52 Å². The molecule has 0 fully saturated rings. The quantitative estimate of drug-likeness (QED) is 0.697. The number of nitrogens with two attached hydrogens (primary N) is 1. The normalized spacial score (nSPS) is 10.8. The van der Waals surface area contributed by atoms with Crippen LogP contribution in [0.5, 0.6) is 0 Å². The number of nitrogen functional groups attached to an aromatic ring is 1. The molecule has 0 saturated heterocycles. The van der Waals surface area contributed by atoms with Crippen LogP contribution in [-0.4, -0.2) is 15.1 Å². The SMILES string of the molecule is Cc1nc(CNc2ccc(N)c3ncccc23)no1. The molecule has 6 nitrogen and oxygen atoms in total. The van der Waals surface area contributed by atoms with Crippen LogP contribution in [0, 0.1) is 6.92 Å². The fourth-order valence-corrected chi connectivity index (χ4v) is 1.94. The van der Waals surface area contributed by atoms with Gasteiger partial charge in [-0.2, -0.15) is 4.98 Å². The number of rotatable bonds is 3. The van der Waals surface area contributed by atoms with Crippen LogP contribution in [-0.2, 0) is 6.54 Å². The monoisotopic (exact) mass is 255 g/mol. The van der Waals surface area contributed by atoms with E-state index in [-0.39, 0.29) is 0 Å². The molecule has 0 aliphatic rings. The highest BCUT2D eigenvalue weighted by Crippen LogP contribution is 2.26. The maximum absolute atomic E-state index is 5.91. The Balaban J connectivity index is 1.91. The summed E-state index contributed by atoms with van der Waals surface area (Å²) in [5.41, 5.74) is 8.30. The highest BCUT2D eigenvalue weighted by molar-refractivity contribution is 5.98. The number of nitrogens with one attached hydrogen (secondary N) is 1. The second-order valence-corrected chi connectivity index (χ2v) is 4.19. The minimum absolute atomic E-state index is 0.491. The first-order valence-electron chi connectivity index (χ1n) is 5.90. The summed E-state index contributed by atoms with van der Waals surface area (Å²) in [4.78, 5) is 8.43. The number of aromatic nitrogens is 3. The first kappa shape index (κ1) is 11.5. The highest BCUT2D eigenvalue weighted by atomic mass is 16.5. The third-order valence-corrected chi connectivity index (χ3v) is 2.81. The molecule has 0 unspecified atom stereocenters. The number of anilines is 2. The summed E-state index contributed by atoms with van der Waals surface area (Å²) in [5, 5.41) is 8.08. The van der Waals surface area contributed by atoms with E-state index in [0.29, 0.717) is 23.9 Å². The van der Waals surface area contributed by atoms with E-state index in [4.69, 9.17) is 10.3 Å². The van der Waals surface area contributed by atoms with Gasteiger partial charge in [-0.3, -0.25) is 4.98 Å². The van der Waals surface area contributed by atoms with Gasteiger partial charge in [0.25, 0.3) is 0 Å². The molecule has 1 aromatic carbocycles. The smallest absolute Gasteiger partial charge is 0.223 e. The van der Waals surface area contributed by atoms with Gasteiger partial charge in [0.2, 0.25) is 5.89 Å². The number of nitrogens with zero attached hydrogens (tertiary/aromatic N) is 3. The molecule has 96 valence electrons. The average molecular weight is 255 g/mol. The molecule has 0 atom stereocenters. The Bertz CT molecular complexity index is 722. The van der Waals surface area contributed by atoms with Crippen LogP contribution >= 0.6 is 0 Å². The van der Waals surface area contributed by atoms with Gasteiger partial charge < -0.3 is 15.6 Å². The van der Waals surface area contributed by atoms with Gasteiger partial charge in [0.15, 0.2) is 5.82 Å².